The van der Waals surface area contributed by atoms with Crippen molar-refractivity contribution in [3.8, 4) is 17.2 Å². The standard InChI is InChI=1S/C23H20N2O2/c1-26-22-13-12-18(15-23(22)27-2)11-10-17-6-5-7-19(14-17)25-16-24-20-8-3-4-9-21(20)25/h3-16H,1-2H3. The number of methoxy groups -OCH3 is 2. The number of hydrogen-bond acceptors (Lipinski definition) is 3. The van der Waals surface area contributed by atoms with Gasteiger partial charge in [-0.2, -0.15) is 0 Å². The van der Waals surface area contributed by atoms with E-state index in [0.717, 1.165) is 39.3 Å². The second-order valence-corrected chi connectivity index (χ2v) is 6.15. The minimum atomic E-state index is 0.721. The summed E-state index contributed by atoms with van der Waals surface area (Å²) < 4.78 is 12.8. The van der Waals surface area contributed by atoms with Crippen LogP contribution in [0.25, 0.3) is 28.9 Å². The lowest BCUT2D eigenvalue weighted by atomic mass is 10.1. The summed E-state index contributed by atoms with van der Waals surface area (Å²) in [6.45, 7) is 0. The first kappa shape index (κ1) is 16.9. The van der Waals surface area contributed by atoms with Gasteiger partial charge in [-0.25, -0.2) is 4.98 Å². The molecule has 3 aromatic carbocycles. The molecule has 0 spiro atoms. The Labute approximate surface area is 158 Å². The number of nitrogens with zero attached hydrogens (tertiary/aromatic N) is 2. The molecule has 134 valence electrons. The Balaban J connectivity index is 1.64. The quantitative estimate of drug-likeness (QED) is 0.460. The van der Waals surface area contributed by atoms with Crippen molar-refractivity contribution in [3.63, 3.8) is 0 Å². The normalized spacial score (nSPS) is 11.2. The minimum Gasteiger partial charge on any atom is -0.493 e. The first-order valence-electron chi connectivity index (χ1n) is 8.71. The number of aromatic nitrogens is 2. The van der Waals surface area contributed by atoms with Crippen LogP contribution >= 0.6 is 0 Å². The van der Waals surface area contributed by atoms with Crippen LogP contribution in [0.15, 0.2) is 73.1 Å². The van der Waals surface area contributed by atoms with E-state index in [4.69, 9.17) is 9.47 Å². The van der Waals surface area contributed by atoms with Crippen LogP contribution in [0.4, 0.5) is 0 Å². The SMILES string of the molecule is COc1ccc(C=Cc2cccc(-n3cnc4ccccc43)c2)cc1OC. The van der Waals surface area contributed by atoms with E-state index < -0.39 is 0 Å². The van der Waals surface area contributed by atoms with Gasteiger partial charge in [0.25, 0.3) is 0 Å². The van der Waals surface area contributed by atoms with Gasteiger partial charge in [0.1, 0.15) is 6.33 Å². The number of fused-ring (bicyclic) bond motifs is 1. The summed E-state index contributed by atoms with van der Waals surface area (Å²) in [6, 6.07) is 22.4. The molecule has 0 unspecified atom stereocenters. The molecule has 0 bridgehead atoms. The summed E-state index contributed by atoms with van der Waals surface area (Å²) >= 11 is 0. The molecule has 0 fully saturated rings. The van der Waals surface area contributed by atoms with E-state index in [0.29, 0.717) is 0 Å². The van der Waals surface area contributed by atoms with Crippen LogP contribution in [0.3, 0.4) is 0 Å². The van der Waals surface area contributed by atoms with Crippen molar-refractivity contribution in [1.82, 2.24) is 9.55 Å². The third-order valence-corrected chi connectivity index (χ3v) is 4.48. The lowest BCUT2D eigenvalue weighted by molar-refractivity contribution is 0.355. The zero-order valence-corrected chi connectivity index (χ0v) is 15.3. The highest BCUT2D eigenvalue weighted by Gasteiger charge is 2.05. The van der Waals surface area contributed by atoms with Crippen molar-refractivity contribution in [2.75, 3.05) is 14.2 Å². The first-order chi connectivity index (χ1) is 13.3. The van der Waals surface area contributed by atoms with E-state index in [2.05, 4.69) is 52.0 Å². The average molecular weight is 356 g/mol. The second-order valence-electron chi connectivity index (χ2n) is 6.15. The fraction of sp³-hybridized carbons (Fsp3) is 0.0870. The summed E-state index contributed by atoms with van der Waals surface area (Å²) in [5.74, 6) is 1.45. The molecule has 4 nitrogen and oxygen atoms in total. The molecule has 27 heavy (non-hydrogen) atoms. The van der Waals surface area contributed by atoms with Crippen molar-refractivity contribution in [3.05, 3.63) is 84.2 Å². The molecule has 4 heteroatoms. The van der Waals surface area contributed by atoms with Gasteiger partial charge in [0.15, 0.2) is 11.5 Å². The summed E-state index contributed by atoms with van der Waals surface area (Å²) in [4.78, 5) is 4.47. The first-order valence-corrected chi connectivity index (χ1v) is 8.71. The summed E-state index contributed by atoms with van der Waals surface area (Å²) in [7, 11) is 3.28. The minimum absolute atomic E-state index is 0.721. The third-order valence-electron chi connectivity index (χ3n) is 4.48. The third kappa shape index (κ3) is 3.42. The molecule has 0 saturated carbocycles. The van der Waals surface area contributed by atoms with Gasteiger partial charge in [-0.1, -0.05) is 42.5 Å². The molecule has 1 heterocycles. The van der Waals surface area contributed by atoms with E-state index in [1.807, 2.05) is 42.7 Å². The van der Waals surface area contributed by atoms with Gasteiger partial charge in [-0.05, 0) is 47.5 Å². The fourth-order valence-electron chi connectivity index (χ4n) is 3.09. The van der Waals surface area contributed by atoms with Gasteiger partial charge < -0.3 is 9.47 Å². The van der Waals surface area contributed by atoms with Crippen molar-refractivity contribution in [2.45, 2.75) is 0 Å². The molecular formula is C23H20N2O2. The maximum absolute atomic E-state index is 5.37. The van der Waals surface area contributed by atoms with Crippen LogP contribution in [-0.4, -0.2) is 23.8 Å². The van der Waals surface area contributed by atoms with Crippen LogP contribution in [0.5, 0.6) is 11.5 Å². The number of ether oxygens (including phenoxy) is 2. The lowest BCUT2D eigenvalue weighted by Crippen LogP contribution is -1.92. The highest BCUT2D eigenvalue weighted by atomic mass is 16.5. The highest BCUT2D eigenvalue weighted by molar-refractivity contribution is 5.78. The largest absolute Gasteiger partial charge is 0.493 e. The molecule has 0 saturated heterocycles. The Bertz CT molecular complexity index is 1110. The Morgan fingerprint density at radius 2 is 1.56 bits per heavy atom. The van der Waals surface area contributed by atoms with Crippen molar-refractivity contribution in [1.29, 1.82) is 0 Å². The molecule has 0 amide bonds. The summed E-state index contributed by atoms with van der Waals surface area (Å²) in [6.07, 6.45) is 6.01. The number of hydrogen-bond donors (Lipinski definition) is 0. The van der Waals surface area contributed by atoms with Gasteiger partial charge in [0, 0.05) is 5.69 Å². The van der Waals surface area contributed by atoms with Crippen LogP contribution in [0, 0.1) is 0 Å². The zero-order chi connectivity index (χ0) is 18.6. The van der Waals surface area contributed by atoms with Gasteiger partial charge >= 0.3 is 0 Å². The van der Waals surface area contributed by atoms with Gasteiger partial charge in [-0.3, -0.25) is 4.57 Å². The topological polar surface area (TPSA) is 36.3 Å². The Hall–Kier alpha value is -3.53. The fourth-order valence-corrected chi connectivity index (χ4v) is 3.09. The van der Waals surface area contributed by atoms with Crippen LogP contribution < -0.4 is 9.47 Å². The van der Waals surface area contributed by atoms with E-state index in [1.165, 1.54) is 0 Å². The van der Waals surface area contributed by atoms with Crippen molar-refractivity contribution in [2.24, 2.45) is 0 Å². The highest BCUT2D eigenvalue weighted by Crippen LogP contribution is 2.28. The maximum Gasteiger partial charge on any atom is 0.161 e. The monoisotopic (exact) mass is 356 g/mol. The molecule has 0 atom stereocenters. The van der Waals surface area contributed by atoms with Crippen LogP contribution in [0.2, 0.25) is 0 Å². The van der Waals surface area contributed by atoms with Crippen LogP contribution in [0.1, 0.15) is 11.1 Å². The Morgan fingerprint density at radius 3 is 2.37 bits per heavy atom. The van der Waals surface area contributed by atoms with Gasteiger partial charge in [0.2, 0.25) is 0 Å². The van der Waals surface area contributed by atoms with E-state index in [-0.39, 0.29) is 0 Å². The molecule has 0 aliphatic rings. The average Bonchev–Trinajstić information content (AvgIpc) is 3.16. The lowest BCUT2D eigenvalue weighted by Gasteiger charge is -2.08. The predicted octanol–water partition coefficient (Wildman–Crippen LogP) is 5.21. The molecular weight excluding hydrogens is 336 g/mol. The number of imidazole rings is 1. The van der Waals surface area contributed by atoms with Crippen molar-refractivity contribution >= 4 is 23.2 Å². The zero-order valence-electron chi connectivity index (χ0n) is 15.3. The van der Waals surface area contributed by atoms with E-state index in [9.17, 15) is 0 Å². The molecule has 1 aromatic heterocycles. The number of rotatable bonds is 5. The molecule has 4 rings (SSSR count). The summed E-state index contributed by atoms with van der Waals surface area (Å²) in [5, 5.41) is 0. The molecule has 0 N–H and O–H groups in total. The maximum atomic E-state index is 5.37. The van der Waals surface area contributed by atoms with Crippen LogP contribution in [-0.2, 0) is 0 Å². The van der Waals surface area contributed by atoms with Gasteiger partial charge in [0.05, 0.1) is 25.3 Å². The predicted molar refractivity (Wildman–Crippen MR) is 110 cm³/mol. The Kier molecular flexibility index (Phi) is 4.62. The smallest absolute Gasteiger partial charge is 0.161 e. The second kappa shape index (κ2) is 7.38. The van der Waals surface area contributed by atoms with E-state index >= 15 is 0 Å². The molecule has 4 aromatic rings. The summed E-state index contributed by atoms with van der Waals surface area (Å²) in [5.41, 5.74) is 5.33. The Morgan fingerprint density at radius 1 is 0.778 bits per heavy atom. The van der Waals surface area contributed by atoms with Gasteiger partial charge in [-0.15, -0.1) is 0 Å². The molecule has 0 radical (unpaired) electrons. The molecule has 0 aliphatic carbocycles. The van der Waals surface area contributed by atoms with E-state index in [1.54, 1.807) is 14.2 Å². The number of benzene rings is 3. The molecule has 0 aliphatic heterocycles. The number of para-hydroxylation sites is 2. The van der Waals surface area contributed by atoms with Crippen molar-refractivity contribution < 1.29 is 9.47 Å².